The number of nitrogens with zero attached hydrogens (tertiary/aromatic N) is 2. The van der Waals surface area contributed by atoms with Crippen LogP contribution in [-0.4, -0.2) is 31.1 Å². The average molecular weight is 370 g/mol. The molecule has 7 heteroatoms. The van der Waals surface area contributed by atoms with E-state index >= 15 is 0 Å². The number of nitrogens with one attached hydrogen (secondary N) is 2. The van der Waals surface area contributed by atoms with E-state index in [2.05, 4.69) is 15.8 Å². The molecule has 3 rings (SSSR count). The lowest BCUT2D eigenvalue weighted by Crippen LogP contribution is -2.32. The van der Waals surface area contributed by atoms with Crippen LogP contribution in [0.25, 0.3) is 0 Å². The minimum atomic E-state index is -0.0922. The molecular weight excluding hydrogens is 344 g/mol. The molecule has 0 unspecified atom stereocenters. The summed E-state index contributed by atoms with van der Waals surface area (Å²) in [5.74, 6) is 0.921. The molecule has 27 heavy (non-hydrogen) atoms. The van der Waals surface area contributed by atoms with E-state index in [4.69, 9.17) is 4.52 Å². The van der Waals surface area contributed by atoms with Crippen LogP contribution in [0.5, 0.6) is 0 Å². The van der Waals surface area contributed by atoms with Gasteiger partial charge in [-0.25, -0.2) is 0 Å². The van der Waals surface area contributed by atoms with Crippen LogP contribution in [0.1, 0.15) is 31.4 Å². The summed E-state index contributed by atoms with van der Waals surface area (Å²) in [5, 5.41) is 9.55. The molecule has 0 radical (unpaired) electrons. The first-order valence-electron chi connectivity index (χ1n) is 9.25. The lowest BCUT2D eigenvalue weighted by atomic mass is 9.81. The van der Waals surface area contributed by atoms with Gasteiger partial charge in [-0.05, 0) is 56.9 Å². The number of anilines is 3. The maximum Gasteiger partial charge on any atom is 0.228 e. The molecule has 0 saturated heterocycles. The standard InChI is InChI=1S/C20H26N4O3/c1-13-12-18(23-27-13)22-20(26)15-6-4-14(5-7-15)19(25)21-16-8-10-17(11-9-16)24(2)3/h8-12,14-15H,4-7H2,1-3H3,(H,21,25)(H,22,23,26). The summed E-state index contributed by atoms with van der Waals surface area (Å²) < 4.78 is 4.96. The maximum atomic E-state index is 12.5. The molecular formula is C20H26N4O3. The van der Waals surface area contributed by atoms with Gasteiger partial charge in [0.15, 0.2) is 5.82 Å². The van der Waals surface area contributed by atoms with Gasteiger partial charge in [-0.1, -0.05) is 5.16 Å². The van der Waals surface area contributed by atoms with Crippen molar-refractivity contribution in [1.29, 1.82) is 0 Å². The second-order valence-electron chi connectivity index (χ2n) is 7.29. The molecule has 0 bridgehead atoms. The molecule has 1 aliphatic carbocycles. The van der Waals surface area contributed by atoms with E-state index in [1.165, 1.54) is 0 Å². The SMILES string of the molecule is Cc1cc(NC(=O)C2CCC(C(=O)Nc3ccc(N(C)C)cc3)CC2)no1. The van der Waals surface area contributed by atoms with Gasteiger partial charge in [0.2, 0.25) is 11.8 Å². The van der Waals surface area contributed by atoms with Crippen molar-refractivity contribution in [2.45, 2.75) is 32.6 Å². The summed E-state index contributed by atoms with van der Waals surface area (Å²) in [6.07, 6.45) is 2.80. The molecule has 1 aromatic carbocycles. The van der Waals surface area contributed by atoms with Crippen LogP contribution in [0.4, 0.5) is 17.2 Å². The van der Waals surface area contributed by atoms with Crippen molar-refractivity contribution in [3.8, 4) is 0 Å². The molecule has 2 amide bonds. The van der Waals surface area contributed by atoms with E-state index in [1.807, 2.05) is 43.3 Å². The van der Waals surface area contributed by atoms with Crippen molar-refractivity contribution in [3.05, 3.63) is 36.1 Å². The topological polar surface area (TPSA) is 87.5 Å². The predicted octanol–water partition coefficient (Wildman–Crippen LogP) is 3.43. The largest absolute Gasteiger partial charge is 0.378 e. The Hall–Kier alpha value is -2.83. The molecule has 1 aromatic heterocycles. The Kier molecular flexibility index (Phi) is 5.78. The second-order valence-corrected chi connectivity index (χ2v) is 7.29. The van der Waals surface area contributed by atoms with Gasteiger partial charge in [0.1, 0.15) is 5.76 Å². The Bertz CT molecular complexity index is 790. The van der Waals surface area contributed by atoms with Gasteiger partial charge < -0.3 is 20.1 Å². The van der Waals surface area contributed by atoms with Crippen LogP contribution in [-0.2, 0) is 9.59 Å². The second kappa shape index (κ2) is 8.24. The van der Waals surface area contributed by atoms with E-state index < -0.39 is 0 Å². The van der Waals surface area contributed by atoms with Gasteiger partial charge in [-0.3, -0.25) is 9.59 Å². The fourth-order valence-corrected chi connectivity index (χ4v) is 3.36. The number of amides is 2. The third kappa shape index (κ3) is 4.87. The van der Waals surface area contributed by atoms with Crippen molar-refractivity contribution >= 4 is 29.0 Å². The van der Waals surface area contributed by atoms with Gasteiger partial charge in [0, 0.05) is 43.4 Å². The normalized spacial score (nSPS) is 19.4. The van der Waals surface area contributed by atoms with Crippen LogP contribution in [0, 0.1) is 18.8 Å². The third-order valence-corrected chi connectivity index (χ3v) is 5.00. The molecule has 144 valence electrons. The monoisotopic (exact) mass is 370 g/mol. The molecule has 1 aliphatic rings. The number of hydrogen-bond acceptors (Lipinski definition) is 5. The van der Waals surface area contributed by atoms with Crippen LogP contribution < -0.4 is 15.5 Å². The Morgan fingerprint density at radius 2 is 1.56 bits per heavy atom. The molecule has 0 spiro atoms. The summed E-state index contributed by atoms with van der Waals surface area (Å²) in [6.45, 7) is 1.78. The minimum absolute atomic E-state index is 0.0265. The van der Waals surface area contributed by atoms with Crippen molar-refractivity contribution < 1.29 is 14.1 Å². The predicted molar refractivity (Wildman–Crippen MR) is 105 cm³/mol. The zero-order valence-electron chi connectivity index (χ0n) is 16.0. The summed E-state index contributed by atoms with van der Waals surface area (Å²) in [4.78, 5) is 26.9. The lowest BCUT2D eigenvalue weighted by Gasteiger charge is -2.26. The molecule has 1 heterocycles. The molecule has 1 saturated carbocycles. The van der Waals surface area contributed by atoms with Gasteiger partial charge in [-0.2, -0.15) is 0 Å². The summed E-state index contributed by atoms with van der Waals surface area (Å²) in [7, 11) is 3.96. The minimum Gasteiger partial charge on any atom is -0.378 e. The van der Waals surface area contributed by atoms with Gasteiger partial charge in [0.25, 0.3) is 0 Å². The number of rotatable bonds is 5. The first kappa shape index (κ1) is 18.9. The highest BCUT2D eigenvalue weighted by Crippen LogP contribution is 2.30. The first-order valence-corrected chi connectivity index (χ1v) is 9.25. The zero-order valence-corrected chi connectivity index (χ0v) is 16.0. The van der Waals surface area contributed by atoms with Crippen LogP contribution >= 0.6 is 0 Å². The Morgan fingerprint density at radius 3 is 2.04 bits per heavy atom. The highest BCUT2D eigenvalue weighted by atomic mass is 16.5. The van der Waals surface area contributed by atoms with E-state index in [1.54, 1.807) is 13.0 Å². The quantitative estimate of drug-likeness (QED) is 0.842. The zero-order chi connectivity index (χ0) is 19.4. The van der Waals surface area contributed by atoms with Gasteiger partial charge >= 0.3 is 0 Å². The highest BCUT2D eigenvalue weighted by Gasteiger charge is 2.30. The molecule has 0 aliphatic heterocycles. The average Bonchev–Trinajstić information content (AvgIpc) is 3.07. The maximum absolute atomic E-state index is 12.5. The number of aryl methyl sites for hydroxylation is 1. The van der Waals surface area contributed by atoms with Crippen molar-refractivity contribution in [2.24, 2.45) is 11.8 Å². The van der Waals surface area contributed by atoms with Crippen molar-refractivity contribution in [1.82, 2.24) is 5.16 Å². The van der Waals surface area contributed by atoms with E-state index in [0.717, 1.165) is 11.4 Å². The smallest absolute Gasteiger partial charge is 0.228 e. The van der Waals surface area contributed by atoms with Crippen LogP contribution in [0.2, 0.25) is 0 Å². The van der Waals surface area contributed by atoms with Crippen LogP contribution in [0.15, 0.2) is 34.9 Å². The van der Waals surface area contributed by atoms with Crippen molar-refractivity contribution in [2.75, 3.05) is 29.6 Å². The number of hydrogen-bond donors (Lipinski definition) is 2. The lowest BCUT2D eigenvalue weighted by molar-refractivity contribution is -0.125. The Morgan fingerprint density at radius 1 is 1.00 bits per heavy atom. The number of carbonyl (C=O) groups is 2. The highest BCUT2D eigenvalue weighted by molar-refractivity contribution is 5.94. The Labute approximate surface area is 159 Å². The first-order chi connectivity index (χ1) is 12.9. The van der Waals surface area contributed by atoms with Gasteiger partial charge in [0.05, 0.1) is 0 Å². The molecule has 0 atom stereocenters. The molecule has 2 N–H and O–H groups in total. The number of aromatic nitrogens is 1. The van der Waals surface area contributed by atoms with E-state index in [9.17, 15) is 9.59 Å². The van der Waals surface area contributed by atoms with Crippen molar-refractivity contribution in [3.63, 3.8) is 0 Å². The Balaban J connectivity index is 1.48. The third-order valence-electron chi connectivity index (χ3n) is 5.00. The summed E-state index contributed by atoms with van der Waals surface area (Å²) in [5.41, 5.74) is 1.88. The fourth-order valence-electron chi connectivity index (χ4n) is 3.36. The van der Waals surface area contributed by atoms with E-state index in [-0.39, 0.29) is 23.7 Å². The van der Waals surface area contributed by atoms with Crippen LogP contribution in [0.3, 0.4) is 0 Å². The molecule has 2 aromatic rings. The molecule has 7 nitrogen and oxygen atoms in total. The fraction of sp³-hybridized carbons (Fsp3) is 0.450. The summed E-state index contributed by atoms with van der Waals surface area (Å²) in [6, 6.07) is 9.46. The molecule has 1 fully saturated rings. The van der Waals surface area contributed by atoms with Gasteiger partial charge in [-0.15, -0.1) is 0 Å². The number of benzene rings is 1. The number of carbonyl (C=O) groups excluding carboxylic acids is 2. The summed E-state index contributed by atoms with van der Waals surface area (Å²) >= 11 is 0. The van der Waals surface area contributed by atoms with E-state index in [0.29, 0.717) is 37.3 Å².